The highest BCUT2D eigenvalue weighted by Gasteiger charge is 2.15. The highest BCUT2D eigenvalue weighted by Crippen LogP contribution is 2.32. The Morgan fingerprint density at radius 1 is 1.19 bits per heavy atom. The van der Waals surface area contributed by atoms with Crippen LogP contribution < -0.4 is 14.9 Å². The van der Waals surface area contributed by atoms with Crippen LogP contribution in [0.1, 0.15) is 15.9 Å². The molecule has 1 aliphatic heterocycles. The number of carbonyl (C=O) groups excluding carboxylic acids is 1. The molecule has 0 aliphatic carbocycles. The lowest BCUT2D eigenvalue weighted by atomic mass is 10.2. The molecular weight excluding hydrogens is 383 g/mol. The van der Waals surface area contributed by atoms with E-state index in [0.717, 1.165) is 9.13 Å². The van der Waals surface area contributed by atoms with Gasteiger partial charge in [0.1, 0.15) is 0 Å². The highest BCUT2D eigenvalue weighted by molar-refractivity contribution is 14.1. The van der Waals surface area contributed by atoms with Crippen molar-refractivity contribution in [3.63, 3.8) is 0 Å². The minimum atomic E-state index is -0.296. The summed E-state index contributed by atoms with van der Waals surface area (Å²) >= 11 is 2.21. The summed E-state index contributed by atoms with van der Waals surface area (Å²) in [5, 5.41) is 3.97. The minimum Gasteiger partial charge on any atom is -0.454 e. The van der Waals surface area contributed by atoms with Gasteiger partial charge in [-0.3, -0.25) is 4.79 Å². The molecule has 1 aliphatic rings. The van der Waals surface area contributed by atoms with Gasteiger partial charge < -0.3 is 9.47 Å². The summed E-state index contributed by atoms with van der Waals surface area (Å²) in [6, 6.07) is 12.8. The summed E-state index contributed by atoms with van der Waals surface area (Å²) in [6.07, 6.45) is 1.62. The monoisotopic (exact) mass is 394 g/mol. The molecule has 0 unspecified atom stereocenters. The Kier molecular flexibility index (Phi) is 4.05. The van der Waals surface area contributed by atoms with Gasteiger partial charge in [0.15, 0.2) is 11.5 Å². The second-order valence-electron chi connectivity index (χ2n) is 4.29. The molecular formula is C15H11IN2O3. The van der Waals surface area contributed by atoms with Crippen LogP contribution in [-0.4, -0.2) is 18.9 Å². The van der Waals surface area contributed by atoms with Crippen molar-refractivity contribution in [1.29, 1.82) is 0 Å². The summed E-state index contributed by atoms with van der Waals surface area (Å²) < 4.78 is 11.5. The average molecular weight is 394 g/mol. The van der Waals surface area contributed by atoms with E-state index in [0.29, 0.717) is 17.1 Å². The van der Waals surface area contributed by atoms with Crippen molar-refractivity contribution in [1.82, 2.24) is 5.43 Å². The van der Waals surface area contributed by atoms with Crippen molar-refractivity contribution in [3.8, 4) is 11.5 Å². The lowest BCUT2D eigenvalue weighted by Crippen LogP contribution is -2.17. The van der Waals surface area contributed by atoms with Crippen LogP contribution in [-0.2, 0) is 0 Å². The fourth-order valence-corrected chi connectivity index (χ4v) is 2.37. The number of ether oxygens (including phenoxy) is 2. The summed E-state index contributed by atoms with van der Waals surface area (Å²) in [5.41, 5.74) is 3.92. The molecule has 1 heterocycles. The molecule has 0 radical (unpaired) electrons. The third-order valence-electron chi connectivity index (χ3n) is 2.91. The summed E-state index contributed by atoms with van der Waals surface area (Å²) in [6.45, 7) is 0.186. The van der Waals surface area contributed by atoms with Crippen LogP contribution in [0.2, 0.25) is 0 Å². The zero-order valence-electron chi connectivity index (χ0n) is 10.9. The van der Waals surface area contributed by atoms with Crippen molar-refractivity contribution in [2.45, 2.75) is 0 Å². The molecule has 106 valence electrons. The smallest absolute Gasteiger partial charge is 0.271 e. The average Bonchev–Trinajstić information content (AvgIpc) is 2.96. The zero-order chi connectivity index (χ0) is 14.7. The highest BCUT2D eigenvalue weighted by atomic mass is 127. The number of hydrogen-bond donors (Lipinski definition) is 1. The van der Waals surface area contributed by atoms with Gasteiger partial charge in [-0.15, -0.1) is 0 Å². The van der Waals surface area contributed by atoms with Crippen LogP contribution in [0.25, 0.3) is 0 Å². The quantitative estimate of drug-likeness (QED) is 0.495. The Bertz CT molecular complexity index is 716. The maximum absolute atomic E-state index is 12.0. The number of halogens is 1. The number of hydrogen-bond acceptors (Lipinski definition) is 4. The third-order valence-corrected chi connectivity index (χ3v) is 3.89. The number of hydrazone groups is 1. The van der Waals surface area contributed by atoms with Gasteiger partial charge in [0.05, 0.1) is 6.21 Å². The van der Waals surface area contributed by atoms with Gasteiger partial charge >= 0.3 is 0 Å². The Labute approximate surface area is 135 Å². The van der Waals surface area contributed by atoms with Crippen LogP contribution in [0.3, 0.4) is 0 Å². The van der Waals surface area contributed by atoms with Gasteiger partial charge in [-0.05, 0) is 46.9 Å². The van der Waals surface area contributed by atoms with E-state index in [4.69, 9.17) is 9.47 Å². The van der Waals surface area contributed by atoms with Crippen molar-refractivity contribution >= 4 is 34.7 Å². The van der Waals surface area contributed by atoms with E-state index >= 15 is 0 Å². The fraction of sp³-hybridized carbons (Fsp3) is 0.0667. The van der Waals surface area contributed by atoms with Gasteiger partial charge in [-0.1, -0.05) is 18.2 Å². The molecule has 0 atom stereocenters. The largest absolute Gasteiger partial charge is 0.454 e. The molecule has 21 heavy (non-hydrogen) atoms. The molecule has 2 aromatic rings. The molecule has 3 rings (SSSR count). The second-order valence-corrected chi connectivity index (χ2v) is 5.45. The van der Waals surface area contributed by atoms with Crippen LogP contribution in [0.15, 0.2) is 47.6 Å². The van der Waals surface area contributed by atoms with Crippen LogP contribution in [0, 0.1) is 3.57 Å². The van der Waals surface area contributed by atoms with E-state index < -0.39 is 0 Å². The number of rotatable bonds is 3. The van der Waals surface area contributed by atoms with Gasteiger partial charge in [0.2, 0.25) is 6.79 Å². The standard InChI is InChI=1S/C15H11IN2O3/c16-12-4-2-1-3-11(12)8-17-18-15(19)10-5-6-13-14(7-10)21-9-20-13/h1-8H,9H2,(H,18,19)/b17-8-. The molecule has 0 aromatic heterocycles. The topological polar surface area (TPSA) is 59.9 Å². The van der Waals surface area contributed by atoms with Crippen LogP contribution in [0.4, 0.5) is 0 Å². The zero-order valence-corrected chi connectivity index (χ0v) is 13.0. The number of benzene rings is 2. The van der Waals surface area contributed by atoms with E-state index in [9.17, 15) is 4.79 Å². The molecule has 0 saturated carbocycles. The summed E-state index contributed by atoms with van der Waals surface area (Å²) in [7, 11) is 0. The lowest BCUT2D eigenvalue weighted by Gasteiger charge is -2.02. The van der Waals surface area contributed by atoms with E-state index in [-0.39, 0.29) is 12.7 Å². The van der Waals surface area contributed by atoms with Crippen LogP contribution in [0.5, 0.6) is 11.5 Å². The first-order valence-electron chi connectivity index (χ1n) is 6.21. The Morgan fingerprint density at radius 2 is 2.00 bits per heavy atom. The van der Waals surface area contributed by atoms with Crippen molar-refractivity contribution in [2.75, 3.05) is 6.79 Å². The Hall–Kier alpha value is -2.09. The predicted octanol–water partition coefficient (Wildman–Crippen LogP) is 2.78. The second kappa shape index (κ2) is 6.13. The summed E-state index contributed by atoms with van der Waals surface area (Å²) in [4.78, 5) is 12.0. The first kappa shape index (κ1) is 13.9. The lowest BCUT2D eigenvalue weighted by molar-refractivity contribution is 0.0954. The minimum absolute atomic E-state index is 0.186. The molecule has 0 fully saturated rings. The normalized spacial score (nSPS) is 12.6. The first-order valence-corrected chi connectivity index (χ1v) is 7.29. The number of carbonyl (C=O) groups is 1. The molecule has 1 amide bonds. The van der Waals surface area contributed by atoms with Gasteiger partial charge in [0, 0.05) is 14.7 Å². The number of nitrogens with one attached hydrogen (secondary N) is 1. The van der Waals surface area contributed by atoms with Crippen molar-refractivity contribution < 1.29 is 14.3 Å². The maximum atomic E-state index is 12.0. The van der Waals surface area contributed by atoms with Gasteiger partial charge in [-0.25, -0.2) is 5.43 Å². The molecule has 5 nitrogen and oxygen atoms in total. The van der Waals surface area contributed by atoms with Gasteiger partial charge in [-0.2, -0.15) is 5.10 Å². The van der Waals surface area contributed by atoms with Crippen molar-refractivity contribution in [2.24, 2.45) is 5.10 Å². The Balaban J connectivity index is 1.68. The van der Waals surface area contributed by atoms with Crippen molar-refractivity contribution in [3.05, 3.63) is 57.2 Å². The fourth-order valence-electron chi connectivity index (χ4n) is 1.84. The van der Waals surface area contributed by atoms with E-state index in [1.165, 1.54) is 0 Å². The number of amides is 1. The number of fused-ring (bicyclic) bond motifs is 1. The van der Waals surface area contributed by atoms with E-state index in [2.05, 4.69) is 33.1 Å². The Morgan fingerprint density at radius 3 is 2.86 bits per heavy atom. The molecule has 0 saturated heterocycles. The van der Waals surface area contributed by atoms with Gasteiger partial charge in [0.25, 0.3) is 5.91 Å². The summed E-state index contributed by atoms with van der Waals surface area (Å²) in [5.74, 6) is 0.925. The molecule has 2 aromatic carbocycles. The molecule has 0 bridgehead atoms. The first-order chi connectivity index (χ1) is 10.2. The third kappa shape index (κ3) is 3.15. The van der Waals surface area contributed by atoms with E-state index in [1.807, 2.05) is 24.3 Å². The molecule has 0 spiro atoms. The predicted molar refractivity (Wildman–Crippen MR) is 86.8 cm³/mol. The number of nitrogens with zero attached hydrogens (tertiary/aromatic N) is 1. The molecule has 1 N–H and O–H groups in total. The van der Waals surface area contributed by atoms with Crippen LogP contribution >= 0.6 is 22.6 Å². The maximum Gasteiger partial charge on any atom is 0.271 e. The SMILES string of the molecule is O=C(N/N=C\c1ccccc1I)c1ccc2c(c1)OCO2. The molecule has 6 heteroatoms. The van der Waals surface area contributed by atoms with E-state index in [1.54, 1.807) is 24.4 Å².